The lowest BCUT2D eigenvalue weighted by Crippen LogP contribution is -2.38. The van der Waals surface area contributed by atoms with Gasteiger partial charge in [-0.25, -0.2) is 17.9 Å². The van der Waals surface area contributed by atoms with Gasteiger partial charge in [0.2, 0.25) is 10.0 Å². The van der Waals surface area contributed by atoms with Crippen molar-refractivity contribution in [3.8, 4) is 0 Å². The van der Waals surface area contributed by atoms with Gasteiger partial charge in [0.1, 0.15) is 6.10 Å². The van der Waals surface area contributed by atoms with Crippen LogP contribution >= 0.6 is 0 Å². The van der Waals surface area contributed by atoms with E-state index in [0.29, 0.717) is 6.42 Å². The molecule has 0 aliphatic carbocycles. The maximum Gasteiger partial charge on any atom is 0.421 e. The summed E-state index contributed by atoms with van der Waals surface area (Å²) < 4.78 is 28.5. The summed E-state index contributed by atoms with van der Waals surface area (Å²) in [5.41, 5.74) is -0.204. The van der Waals surface area contributed by atoms with Crippen molar-refractivity contribution in [1.29, 1.82) is 0 Å². The molecule has 16 heavy (non-hydrogen) atoms. The first-order valence-electron chi connectivity index (χ1n) is 5.24. The highest BCUT2D eigenvalue weighted by Gasteiger charge is 2.28. The molecular formula is C10H21NO4S. The van der Waals surface area contributed by atoms with Gasteiger partial charge < -0.3 is 4.74 Å². The fourth-order valence-electron chi connectivity index (χ4n) is 1.24. The third-order valence-corrected chi connectivity index (χ3v) is 2.57. The number of carbonyl (C=O) groups excluding carboxylic acids is 1. The highest BCUT2D eigenvalue weighted by Crippen LogP contribution is 2.25. The third kappa shape index (κ3) is 6.66. The summed E-state index contributed by atoms with van der Waals surface area (Å²) in [6.07, 6.45) is 1.30. The van der Waals surface area contributed by atoms with Crippen molar-refractivity contribution >= 4 is 16.1 Å². The average molecular weight is 251 g/mol. The zero-order valence-electron chi connectivity index (χ0n) is 10.5. The molecule has 0 bridgehead atoms. The Morgan fingerprint density at radius 1 is 1.38 bits per heavy atom. The summed E-state index contributed by atoms with van der Waals surface area (Å²) >= 11 is 0. The molecule has 0 radical (unpaired) electrons. The lowest BCUT2D eigenvalue weighted by molar-refractivity contribution is 0.0288. The molecule has 0 aromatic heterocycles. The largest absolute Gasteiger partial charge is 0.445 e. The van der Waals surface area contributed by atoms with Crippen LogP contribution in [-0.4, -0.2) is 26.9 Å². The first-order chi connectivity index (χ1) is 7.06. The standard InChI is InChI=1S/C10H21NO4S/c1-6-7-8(10(2,3)4)15-9(12)11-16(5,13)14/h8H,6-7H2,1-5H3,(H,11,12). The van der Waals surface area contributed by atoms with Crippen molar-refractivity contribution in [3.05, 3.63) is 0 Å². The van der Waals surface area contributed by atoms with Gasteiger partial charge in [-0.05, 0) is 11.8 Å². The number of rotatable bonds is 4. The van der Waals surface area contributed by atoms with Crippen LogP contribution in [0.5, 0.6) is 0 Å². The molecule has 0 saturated carbocycles. The van der Waals surface area contributed by atoms with Gasteiger partial charge in [0.25, 0.3) is 0 Å². The molecule has 0 fully saturated rings. The molecule has 6 heteroatoms. The number of hydrogen-bond acceptors (Lipinski definition) is 4. The van der Waals surface area contributed by atoms with Gasteiger partial charge in [-0.1, -0.05) is 34.1 Å². The molecule has 1 amide bonds. The number of hydrogen-bond donors (Lipinski definition) is 1. The zero-order chi connectivity index (χ0) is 13.0. The highest BCUT2D eigenvalue weighted by atomic mass is 32.2. The topological polar surface area (TPSA) is 72.5 Å². The van der Waals surface area contributed by atoms with E-state index >= 15 is 0 Å². The van der Waals surface area contributed by atoms with E-state index in [1.807, 2.05) is 27.7 Å². The monoisotopic (exact) mass is 251 g/mol. The number of amides is 1. The number of nitrogens with one attached hydrogen (secondary N) is 1. The lowest BCUT2D eigenvalue weighted by Gasteiger charge is -2.29. The molecule has 0 spiro atoms. The maximum absolute atomic E-state index is 11.3. The van der Waals surface area contributed by atoms with Crippen LogP contribution in [0.3, 0.4) is 0 Å². The summed E-state index contributed by atoms with van der Waals surface area (Å²) in [5, 5.41) is 0. The fourth-order valence-corrected chi connectivity index (χ4v) is 1.59. The van der Waals surface area contributed by atoms with Crippen molar-refractivity contribution in [2.24, 2.45) is 5.41 Å². The van der Waals surface area contributed by atoms with Crippen LogP contribution in [0.4, 0.5) is 4.79 Å². The van der Waals surface area contributed by atoms with Crippen LogP contribution in [0.2, 0.25) is 0 Å². The van der Waals surface area contributed by atoms with E-state index in [-0.39, 0.29) is 11.5 Å². The summed E-state index contributed by atoms with van der Waals surface area (Å²) in [4.78, 5) is 11.3. The fraction of sp³-hybridized carbons (Fsp3) is 0.900. The SMILES string of the molecule is CCCC(OC(=O)NS(C)(=O)=O)C(C)(C)C. The first kappa shape index (κ1) is 15.2. The minimum Gasteiger partial charge on any atom is -0.445 e. The van der Waals surface area contributed by atoms with E-state index in [0.717, 1.165) is 12.7 Å². The molecule has 0 aliphatic heterocycles. The minimum atomic E-state index is -3.55. The van der Waals surface area contributed by atoms with Gasteiger partial charge in [-0.2, -0.15) is 0 Å². The lowest BCUT2D eigenvalue weighted by atomic mass is 9.86. The van der Waals surface area contributed by atoms with Gasteiger partial charge in [0, 0.05) is 0 Å². The first-order valence-corrected chi connectivity index (χ1v) is 7.14. The van der Waals surface area contributed by atoms with E-state index in [2.05, 4.69) is 0 Å². The molecule has 1 atom stereocenters. The molecule has 96 valence electrons. The molecule has 0 aromatic rings. The second kappa shape index (κ2) is 5.52. The van der Waals surface area contributed by atoms with Crippen molar-refractivity contribution in [2.45, 2.75) is 46.6 Å². The van der Waals surface area contributed by atoms with Gasteiger partial charge >= 0.3 is 6.09 Å². The van der Waals surface area contributed by atoms with Crippen molar-refractivity contribution in [1.82, 2.24) is 4.72 Å². The number of sulfonamides is 1. The molecular weight excluding hydrogens is 230 g/mol. The van der Waals surface area contributed by atoms with Crippen LogP contribution in [0.1, 0.15) is 40.5 Å². The Hall–Kier alpha value is -0.780. The van der Waals surface area contributed by atoms with Crippen molar-refractivity contribution in [2.75, 3.05) is 6.26 Å². The second-order valence-electron chi connectivity index (χ2n) is 4.92. The Bertz CT molecular complexity index is 329. The van der Waals surface area contributed by atoms with Crippen LogP contribution in [0.15, 0.2) is 0 Å². The van der Waals surface area contributed by atoms with E-state index in [1.54, 1.807) is 4.72 Å². The summed E-state index contributed by atoms with van der Waals surface area (Å²) in [7, 11) is -3.55. The molecule has 1 N–H and O–H groups in total. The van der Waals surface area contributed by atoms with Gasteiger partial charge in [-0.15, -0.1) is 0 Å². The predicted molar refractivity (Wildman–Crippen MR) is 62.6 cm³/mol. The summed E-state index contributed by atoms with van der Waals surface area (Å²) in [6, 6.07) is 0. The molecule has 0 aliphatic rings. The highest BCUT2D eigenvalue weighted by molar-refractivity contribution is 7.89. The van der Waals surface area contributed by atoms with Gasteiger partial charge in [-0.3, -0.25) is 0 Å². The van der Waals surface area contributed by atoms with Gasteiger partial charge in [0.05, 0.1) is 6.26 Å². The quantitative estimate of drug-likeness (QED) is 0.828. The number of carbonyl (C=O) groups is 1. The molecule has 5 nitrogen and oxygen atoms in total. The Morgan fingerprint density at radius 3 is 2.19 bits per heavy atom. The average Bonchev–Trinajstić information content (AvgIpc) is 1.97. The normalized spacial score (nSPS) is 14.3. The molecule has 0 heterocycles. The molecule has 0 rings (SSSR count). The van der Waals surface area contributed by atoms with Crippen LogP contribution in [0, 0.1) is 5.41 Å². The Balaban J connectivity index is 4.48. The number of ether oxygens (including phenoxy) is 1. The summed E-state index contributed by atoms with van der Waals surface area (Å²) in [6.45, 7) is 7.82. The Labute approximate surface area is 97.6 Å². The summed E-state index contributed by atoms with van der Waals surface area (Å²) in [5.74, 6) is 0. The van der Waals surface area contributed by atoms with E-state index in [9.17, 15) is 13.2 Å². The van der Waals surface area contributed by atoms with Crippen molar-refractivity contribution in [3.63, 3.8) is 0 Å². The Morgan fingerprint density at radius 2 is 1.88 bits per heavy atom. The third-order valence-electron chi connectivity index (χ3n) is 2.03. The minimum absolute atomic E-state index is 0.204. The van der Waals surface area contributed by atoms with Crippen LogP contribution in [-0.2, 0) is 14.8 Å². The molecule has 1 unspecified atom stereocenters. The van der Waals surface area contributed by atoms with E-state index < -0.39 is 16.1 Å². The van der Waals surface area contributed by atoms with E-state index in [1.165, 1.54) is 0 Å². The van der Waals surface area contributed by atoms with Crippen LogP contribution in [0.25, 0.3) is 0 Å². The second-order valence-corrected chi connectivity index (χ2v) is 6.67. The zero-order valence-corrected chi connectivity index (χ0v) is 11.3. The van der Waals surface area contributed by atoms with Crippen molar-refractivity contribution < 1.29 is 17.9 Å². The predicted octanol–water partition coefficient (Wildman–Crippen LogP) is 1.89. The van der Waals surface area contributed by atoms with Crippen LogP contribution < -0.4 is 4.72 Å². The van der Waals surface area contributed by atoms with Gasteiger partial charge in [0.15, 0.2) is 0 Å². The van der Waals surface area contributed by atoms with E-state index in [4.69, 9.17) is 4.74 Å². The molecule has 0 saturated heterocycles. The Kier molecular flexibility index (Phi) is 5.25. The molecule has 0 aromatic carbocycles. The maximum atomic E-state index is 11.3. The smallest absolute Gasteiger partial charge is 0.421 e.